The molecule has 0 N–H and O–H groups in total. The first-order valence-electron chi connectivity index (χ1n) is 7.01. The highest BCUT2D eigenvalue weighted by Crippen LogP contribution is 2.30. The first kappa shape index (κ1) is 13.3. The van der Waals surface area contributed by atoms with Gasteiger partial charge in [0, 0.05) is 12.4 Å². The minimum atomic E-state index is -0.536. The van der Waals surface area contributed by atoms with Gasteiger partial charge in [-0.1, -0.05) is 36.4 Å². The van der Waals surface area contributed by atoms with Gasteiger partial charge in [0.05, 0.1) is 11.5 Å². The van der Waals surface area contributed by atoms with Crippen LogP contribution >= 0.6 is 0 Å². The number of aromatic nitrogens is 1. The van der Waals surface area contributed by atoms with Crippen molar-refractivity contribution in [3.8, 4) is 6.07 Å². The molecule has 1 atom stereocenters. The normalized spacial score (nSPS) is 13.5. The predicted octanol–water partition coefficient (Wildman–Crippen LogP) is 4.26. The third-order valence-electron chi connectivity index (χ3n) is 3.94. The predicted molar refractivity (Wildman–Crippen MR) is 84.9 cm³/mol. The second-order valence-corrected chi connectivity index (χ2v) is 5.54. The van der Waals surface area contributed by atoms with Gasteiger partial charge in [-0.25, -0.2) is 0 Å². The Morgan fingerprint density at radius 3 is 2.43 bits per heavy atom. The highest BCUT2D eigenvalue weighted by atomic mass is 14.6. The van der Waals surface area contributed by atoms with Gasteiger partial charge in [0.1, 0.15) is 0 Å². The number of rotatable bonds is 3. The summed E-state index contributed by atoms with van der Waals surface area (Å²) in [6.07, 6.45) is 4.23. The summed E-state index contributed by atoms with van der Waals surface area (Å²) in [5.74, 6) is 0. The lowest BCUT2D eigenvalue weighted by Crippen LogP contribution is -2.22. The van der Waals surface area contributed by atoms with Crippen LogP contribution in [-0.4, -0.2) is 4.98 Å². The molecule has 0 aliphatic heterocycles. The van der Waals surface area contributed by atoms with Gasteiger partial charge in [0.15, 0.2) is 0 Å². The summed E-state index contributed by atoms with van der Waals surface area (Å²) in [4.78, 5) is 4.03. The van der Waals surface area contributed by atoms with E-state index in [9.17, 15) is 5.26 Å². The summed E-state index contributed by atoms with van der Waals surface area (Å²) < 4.78 is 0. The minimum Gasteiger partial charge on any atom is -0.265 e. The lowest BCUT2D eigenvalue weighted by molar-refractivity contribution is 0.607. The van der Waals surface area contributed by atoms with E-state index in [1.807, 2.05) is 31.2 Å². The van der Waals surface area contributed by atoms with Crippen molar-refractivity contribution in [1.82, 2.24) is 4.98 Å². The van der Waals surface area contributed by atoms with Crippen LogP contribution in [0.5, 0.6) is 0 Å². The van der Waals surface area contributed by atoms with Gasteiger partial charge in [-0.2, -0.15) is 5.26 Å². The van der Waals surface area contributed by atoms with E-state index in [2.05, 4.69) is 41.4 Å². The van der Waals surface area contributed by atoms with Crippen LogP contribution in [0.15, 0.2) is 67.0 Å². The molecule has 2 nitrogen and oxygen atoms in total. The van der Waals surface area contributed by atoms with Gasteiger partial charge in [-0.05, 0) is 53.4 Å². The number of pyridine rings is 1. The molecular formula is C19H16N2. The molecule has 2 heteroatoms. The van der Waals surface area contributed by atoms with E-state index in [4.69, 9.17) is 0 Å². The molecule has 3 aromatic rings. The average molecular weight is 272 g/mol. The molecule has 1 aromatic heterocycles. The molecule has 0 aliphatic rings. The fraction of sp³-hybridized carbons (Fsp3) is 0.158. The fourth-order valence-electron chi connectivity index (χ4n) is 2.65. The monoisotopic (exact) mass is 272 g/mol. The topological polar surface area (TPSA) is 36.7 Å². The number of nitriles is 1. The lowest BCUT2D eigenvalue weighted by Gasteiger charge is -2.22. The molecule has 1 unspecified atom stereocenters. The zero-order chi connectivity index (χ0) is 14.7. The summed E-state index contributed by atoms with van der Waals surface area (Å²) in [6, 6.07) is 20.9. The number of fused-ring (bicyclic) bond motifs is 1. The Bertz CT molecular complexity index is 802. The van der Waals surface area contributed by atoms with Crippen LogP contribution in [0.1, 0.15) is 18.1 Å². The standard InChI is InChI=1S/C19H16N2/c1-19(14-20,13-15-8-10-21-11-9-15)18-7-6-16-4-2-3-5-17(16)12-18/h2-12H,13H2,1H3. The van der Waals surface area contributed by atoms with Crippen molar-refractivity contribution in [1.29, 1.82) is 5.26 Å². The zero-order valence-corrected chi connectivity index (χ0v) is 12.0. The van der Waals surface area contributed by atoms with Crippen molar-refractivity contribution in [2.75, 3.05) is 0 Å². The van der Waals surface area contributed by atoms with Crippen LogP contribution in [0.25, 0.3) is 10.8 Å². The van der Waals surface area contributed by atoms with E-state index >= 15 is 0 Å². The molecule has 0 aliphatic carbocycles. The highest BCUT2D eigenvalue weighted by Gasteiger charge is 2.27. The smallest absolute Gasteiger partial charge is 0.0834 e. The van der Waals surface area contributed by atoms with Gasteiger partial charge in [0.2, 0.25) is 0 Å². The average Bonchev–Trinajstić information content (AvgIpc) is 2.55. The van der Waals surface area contributed by atoms with Crippen molar-refractivity contribution in [3.63, 3.8) is 0 Å². The Kier molecular flexibility index (Phi) is 3.41. The Morgan fingerprint density at radius 1 is 1.00 bits per heavy atom. The molecule has 0 bridgehead atoms. The molecule has 102 valence electrons. The van der Waals surface area contributed by atoms with E-state index in [-0.39, 0.29) is 0 Å². The SMILES string of the molecule is CC(C#N)(Cc1ccncc1)c1ccc2ccccc2c1. The van der Waals surface area contributed by atoms with Crippen LogP contribution in [0.4, 0.5) is 0 Å². The molecular weight excluding hydrogens is 256 g/mol. The Labute approximate surface area is 124 Å². The van der Waals surface area contributed by atoms with Crippen LogP contribution in [0.2, 0.25) is 0 Å². The first-order valence-corrected chi connectivity index (χ1v) is 7.01. The number of hydrogen-bond acceptors (Lipinski definition) is 2. The molecule has 0 amide bonds. The van der Waals surface area contributed by atoms with Crippen LogP contribution in [0, 0.1) is 11.3 Å². The van der Waals surface area contributed by atoms with Crippen LogP contribution in [0.3, 0.4) is 0 Å². The lowest BCUT2D eigenvalue weighted by atomic mass is 9.78. The first-order chi connectivity index (χ1) is 10.2. The molecule has 3 rings (SSSR count). The second kappa shape index (κ2) is 5.38. The van der Waals surface area contributed by atoms with Gasteiger partial charge in [0.25, 0.3) is 0 Å². The van der Waals surface area contributed by atoms with Crippen molar-refractivity contribution in [2.24, 2.45) is 0 Å². The summed E-state index contributed by atoms with van der Waals surface area (Å²) >= 11 is 0. The van der Waals surface area contributed by atoms with E-state index in [0.717, 1.165) is 11.1 Å². The van der Waals surface area contributed by atoms with Crippen molar-refractivity contribution >= 4 is 10.8 Å². The van der Waals surface area contributed by atoms with Gasteiger partial charge in [-0.3, -0.25) is 4.98 Å². The van der Waals surface area contributed by atoms with Crippen LogP contribution < -0.4 is 0 Å². The van der Waals surface area contributed by atoms with Gasteiger partial charge >= 0.3 is 0 Å². The third-order valence-corrected chi connectivity index (χ3v) is 3.94. The molecule has 0 fully saturated rings. The largest absolute Gasteiger partial charge is 0.265 e. The van der Waals surface area contributed by atoms with Crippen molar-refractivity contribution < 1.29 is 0 Å². The molecule has 0 saturated heterocycles. The molecule has 0 spiro atoms. The van der Waals surface area contributed by atoms with Crippen molar-refractivity contribution in [3.05, 3.63) is 78.1 Å². The number of hydrogen-bond donors (Lipinski definition) is 0. The fourth-order valence-corrected chi connectivity index (χ4v) is 2.65. The van der Waals surface area contributed by atoms with E-state index in [0.29, 0.717) is 6.42 Å². The Hall–Kier alpha value is -2.66. The molecule has 0 saturated carbocycles. The summed E-state index contributed by atoms with van der Waals surface area (Å²) in [7, 11) is 0. The molecule has 2 aromatic carbocycles. The van der Waals surface area contributed by atoms with E-state index < -0.39 is 5.41 Å². The minimum absolute atomic E-state index is 0.536. The van der Waals surface area contributed by atoms with Gasteiger partial charge < -0.3 is 0 Å². The maximum atomic E-state index is 9.71. The van der Waals surface area contributed by atoms with E-state index in [1.54, 1.807) is 12.4 Å². The summed E-state index contributed by atoms with van der Waals surface area (Å²) in [6.45, 7) is 2.00. The zero-order valence-electron chi connectivity index (χ0n) is 12.0. The maximum Gasteiger partial charge on any atom is 0.0834 e. The van der Waals surface area contributed by atoms with Crippen LogP contribution in [-0.2, 0) is 11.8 Å². The quantitative estimate of drug-likeness (QED) is 0.714. The third kappa shape index (κ3) is 2.64. The van der Waals surface area contributed by atoms with Gasteiger partial charge in [-0.15, -0.1) is 0 Å². The van der Waals surface area contributed by atoms with E-state index in [1.165, 1.54) is 10.8 Å². The molecule has 1 heterocycles. The Balaban J connectivity index is 2.03. The summed E-state index contributed by atoms with van der Waals surface area (Å²) in [5.41, 5.74) is 1.65. The van der Waals surface area contributed by atoms with Crippen molar-refractivity contribution in [2.45, 2.75) is 18.8 Å². The maximum absolute atomic E-state index is 9.71. The molecule has 0 radical (unpaired) electrons. The Morgan fingerprint density at radius 2 is 1.71 bits per heavy atom. The molecule has 21 heavy (non-hydrogen) atoms. The number of nitrogens with zero attached hydrogens (tertiary/aromatic N) is 2. The summed E-state index contributed by atoms with van der Waals surface area (Å²) in [5, 5.41) is 12.1. The second-order valence-electron chi connectivity index (χ2n) is 5.54. The number of benzene rings is 2. The highest BCUT2D eigenvalue weighted by molar-refractivity contribution is 5.83.